The van der Waals surface area contributed by atoms with E-state index < -0.39 is 0 Å². The second kappa shape index (κ2) is 6.27. The topological polar surface area (TPSA) is 54.9 Å². The van der Waals surface area contributed by atoms with E-state index in [0.717, 1.165) is 30.7 Å². The number of carbonyl (C=O) groups excluding carboxylic acids is 1. The van der Waals surface area contributed by atoms with Crippen molar-refractivity contribution in [2.75, 3.05) is 5.32 Å². The van der Waals surface area contributed by atoms with Gasteiger partial charge < -0.3 is 5.32 Å². The molecule has 0 aromatic carbocycles. The van der Waals surface area contributed by atoms with Gasteiger partial charge in [-0.3, -0.25) is 4.79 Å². The molecular weight excluding hydrogens is 246 g/mol. The maximum absolute atomic E-state index is 12.1. The second-order valence-corrected chi connectivity index (χ2v) is 5.97. The van der Waals surface area contributed by atoms with Gasteiger partial charge in [-0.1, -0.05) is 38.0 Å². The van der Waals surface area contributed by atoms with Crippen LogP contribution in [0.4, 0.5) is 5.13 Å². The molecule has 2 rings (SSSR count). The Morgan fingerprint density at radius 2 is 2.22 bits per heavy atom. The first-order chi connectivity index (χ1) is 8.74. The summed E-state index contributed by atoms with van der Waals surface area (Å²) in [7, 11) is 0. The van der Waals surface area contributed by atoms with E-state index in [1.807, 2.05) is 0 Å². The van der Waals surface area contributed by atoms with Crippen LogP contribution < -0.4 is 5.32 Å². The van der Waals surface area contributed by atoms with Crippen LogP contribution in [0.3, 0.4) is 0 Å². The van der Waals surface area contributed by atoms with Crippen molar-refractivity contribution in [3.8, 4) is 0 Å². The van der Waals surface area contributed by atoms with E-state index in [4.69, 9.17) is 0 Å². The summed E-state index contributed by atoms with van der Waals surface area (Å²) in [5.41, 5.74) is 0. The molecule has 1 fully saturated rings. The van der Waals surface area contributed by atoms with E-state index in [2.05, 4.69) is 29.4 Å². The molecule has 1 N–H and O–H groups in total. The third-order valence-corrected chi connectivity index (χ3v) is 4.37. The fraction of sp³-hybridized carbons (Fsp3) is 0.769. The first-order valence-corrected chi connectivity index (χ1v) is 7.70. The fourth-order valence-electron chi connectivity index (χ4n) is 1.96. The summed E-state index contributed by atoms with van der Waals surface area (Å²) >= 11 is 1.53. The average Bonchev–Trinajstić information content (AvgIpc) is 3.12. The smallest absolute Gasteiger partial charge is 0.229 e. The fourth-order valence-corrected chi connectivity index (χ4v) is 2.87. The van der Waals surface area contributed by atoms with Crippen LogP contribution in [0.15, 0.2) is 0 Å². The summed E-state index contributed by atoms with van der Waals surface area (Å²) in [5, 5.41) is 12.8. The summed E-state index contributed by atoms with van der Waals surface area (Å²) in [6.07, 6.45) is 6.53. The number of hydrogen-bond donors (Lipinski definition) is 1. The minimum absolute atomic E-state index is 0.101. The molecule has 0 aliphatic heterocycles. The van der Waals surface area contributed by atoms with Crippen molar-refractivity contribution in [2.45, 2.75) is 58.3 Å². The molecule has 0 radical (unpaired) electrons. The molecule has 0 bridgehead atoms. The van der Waals surface area contributed by atoms with Gasteiger partial charge in [-0.25, -0.2) is 0 Å². The van der Waals surface area contributed by atoms with E-state index in [1.54, 1.807) is 0 Å². The number of carbonyl (C=O) groups is 1. The molecule has 1 saturated carbocycles. The van der Waals surface area contributed by atoms with Crippen molar-refractivity contribution < 1.29 is 4.79 Å². The summed E-state index contributed by atoms with van der Waals surface area (Å²) in [5.74, 6) is 0.817. The zero-order chi connectivity index (χ0) is 13.0. The molecule has 5 heteroatoms. The molecule has 1 unspecified atom stereocenters. The highest BCUT2D eigenvalue weighted by molar-refractivity contribution is 7.15. The summed E-state index contributed by atoms with van der Waals surface area (Å²) in [6.45, 7) is 4.22. The Bertz CT molecular complexity index is 401. The number of unbranched alkanes of at least 4 members (excludes halogenated alkanes) is 1. The van der Waals surface area contributed by atoms with Crippen LogP contribution in [0.1, 0.15) is 63.3 Å². The van der Waals surface area contributed by atoms with Crippen molar-refractivity contribution >= 4 is 22.4 Å². The number of aromatic nitrogens is 2. The van der Waals surface area contributed by atoms with Crippen molar-refractivity contribution in [3.63, 3.8) is 0 Å². The highest BCUT2D eigenvalue weighted by Gasteiger charge is 2.28. The summed E-state index contributed by atoms with van der Waals surface area (Å²) < 4.78 is 0. The van der Waals surface area contributed by atoms with Crippen LogP contribution in [0.5, 0.6) is 0 Å². The quantitative estimate of drug-likeness (QED) is 0.821. The first-order valence-electron chi connectivity index (χ1n) is 6.88. The van der Waals surface area contributed by atoms with Gasteiger partial charge in [0.05, 0.1) is 0 Å². The van der Waals surface area contributed by atoms with Gasteiger partial charge in [0.15, 0.2) is 0 Å². The van der Waals surface area contributed by atoms with Gasteiger partial charge in [0, 0.05) is 11.8 Å². The van der Waals surface area contributed by atoms with E-state index in [9.17, 15) is 4.79 Å². The molecule has 1 heterocycles. The minimum atomic E-state index is 0.101. The molecular formula is C13H21N3OS. The zero-order valence-electron chi connectivity index (χ0n) is 11.1. The van der Waals surface area contributed by atoms with Crippen molar-refractivity contribution in [2.24, 2.45) is 5.92 Å². The molecule has 1 aliphatic rings. The molecule has 18 heavy (non-hydrogen) atoms. The number of nitrogens with one attached hydrogen (secondary N) is 1. The van der Waals surface area contributed by atoms with E-state index >= 15 is 0 Å². The Kier molecular flexibility index (Phi) is 4.69. The van der Waals surface area contributed by atoms with E-state index in [1.165, 1.54) is 24.2 Å². The van der Waals surface area contributed by atoms with Crippen LogP contribution in [0.25, 0.3) is 0 Å². The first kappa shape index (κ1) is 13.5. The molecule has 1 aromatic rings. The lowest BCUT2D eigenvalue weighted by Gasteiger charge is -2.12. The van der Waals surface area contributed by atoms with Gasteiger partial charge in [0.2, 0.25) is 11.0 Å². The monoisotopic (exact) mass is 267 g/mol. The Labute approximate surface area is 112 Å². The second-order valence-electron chi connectivity index (χ2n) is 4.96. The molecule has 0 spiro atoms. The number of nitrogens with zero attached hydrogens (tertiary/aromatic N) is 2. The highest BCUT2D eigenvalue weighted by Crippen LogP contribution is 2.42. The van der Waals surface area contributed by atoms with Crippen LogP contribution in [0, 0.1) is 5.92 Å². The lowest BCUT2D eigenvalue weighted by atomic mass is 9.99. The van der Waals surface area contributed by atoms with Gasteiger partial charge in [-0.15, -0.1) is 10.2 Å². The van der Waals surface area contributed by atoms with Crippen LogP contribution in [0.2, 0.25) is 0 Å². The third kappa shape index (κ3) is 3.51. The lowest BCUT2D eigenvalue weighted by Crippen LogP contribution is -2.22. The average molecular weight is 267 g/mol. The standard InChI is InChI=1S/C13H21N3OS/c1-3-5-6-9(4-2)11(17)14-13-16-15-12(18-13)10-7-8-10/h9-10H,3-8H2,1-2H3,(H,14,16,17). The molecule has 1 amide bonds. The van der Waals surface area contributed by atoms with Crippen molar-refractivity contribution in [1.82, 2.24) is 10.2 Å². The number of rotatable bonds is 7. The normalized spacial score (nSPS) is 16.6. The number of amides is 1. The SMILES string of the molecule is CCCCC(CC)C(=O)Nc1nnc(C2CC2)s1. The Balaban J connectivity index is 1.87. The summed E-state index contributed by atoms with van der Waals surface area (Å²) in [4.78, 5) is 12.1. The number of anilines is 1. The van der Waals surface area contributed by atoms with E-state index in [0.29, 0.717) is 11.0 Å². The maximum atomic E-state index is 12.1. The Morgan fingerprint density at radius 3 is 2.83 bits per heavy atom. The van der Waals surface area contributed by atoms with E-state index in [-0.39, 0.29) is 11.8 Å². The van der Waals surface area contributed by atoms with Crippen LogP contribution >= 0.6 is 11.3 Å². The van der Waals surface area contributed by atoms with Gasteiger partial charge >= 0.3 is 0 Å². The molecule has 1 aliphatic carbocycles. The van der Waals surface area contributed by atoms with Crippen molar-refractivity contribution in [3.05, 3.63) is 5.01 Å². The number of hydrogen-bond acceptors (Lipinski definition) is 4. The minimum Gasteiger partial charge on any atom is -0.300 e. The molecule has 0 saturated heterocycles. The Morgan fingerprint density at radius 1 is 1.44 bits per heavy atom. The van der Waals surface area contributed by atoms with Gasteiger partial charge in [0.25, 0.3) is 0 Å². The molecule has 100 valence electrons. The maximum Gasteiger partial charge on any atom is 0.229 e. The predicted octanol–water partition coefficient (Wildman–Crippen LogP) is 3.57. The molecule has 1 atom stereocenters. The van der Waals surface area contributed by atoms with Gasteiger partial charge in [0.1, 0.15) is 5.01 Å². The highest BCUT2D eigenvalue weighted by atomic mass is 32.1. The van der Waals surface area contributed by atoms with Gasteiger partial charge in [-0.2, -0.15) is 0 Å². The Hall–Kier alpha value is -0.970. The van der Waals surface area contributed by atoms with Crippen LogP contribution in [-0.4, -0.2) is 16.1 Å². The predicted molar refractivity (Wildman–Crippen MR) is 73.8 cm³/mol. The molecule has 1 aromatic heterocycles. The van der Waals surface area contributed by atoms with Crippen LogP contribution in [-0.2, 0) is 4.79 Å². The lowest BCUT2D eigenvalue weighted by molar-refractivity contribution is -0.120. The van der Waals surface area contributed by atoms with Gasteiger partial charge in [-0.05, 0) is 25.7 Å². The third-order valence-electron chi connectivity index (χ3n) is 3.37. The summed E-state index contributed by atoms with van der Waals surface area (Å²) in [6, 6.07) is 0. The zero-order valence-corrected chi connectivity index (χ0v) is 11.9. The largest absolute Gasteiger partial charge is 0.300 e. The molecule has 4 nitrogen and oxygen atoms in total. The van der Waals surface area contributed by atoms with Crippen molar-refractivity contribution in [1.29, 1.82) is 0 Å².